The van der Waals surface area contributed by atoms with Gasteiger partial charge in [-0.05, 0) is 6.92 Å². The van der Waals surface area contributed by atoms with Crippen molar-refractivity contribution in [1.29, 1.82) is 0 Å². The maximum Gasteiger partial charge on any atom is 0.288 e. The van der Waals surface area contributed by atoms with Crippen LogP contribution in [0.5, 0.6) is 0 Å². The van der Waals surface area contributed by atoms with Crippen LogP contribution in [0.15, 0.2) is 12.3 Å². The molecule has 11 nitrogen and oxygen atoms in total. The fraction of sp³-hybridized carbons (Fsp3) is 0.300. The number of hydrogen-bond acceptors (Lipinski definition) is 8. The number of pyridine rings is 1. The van der Waals surface area contributed by atoms with Crippen LogP contribution in [0.3, 0.4) is 0 Å². The maximum atomic E-state index is 12.2. The number of H-pyrrole nitrogens is 1. The Balaban J connectivity index is 2.25. The summed E-state index contributed by atoms with van der Waals surface area (Å²) in [6.07, 6.45) is 1.07. The molecule has 1 unspecified atom stereocenters. The van der Waals surface area contributed by atoms with Crippen LogP contribution < -0.4 is 10.6 Å². The molecule has 0 saturated carbocycles. The van der Waals surface area contributed by atoms with E-state index in [9.17, 15) is 14.9 Å². The van der Waals surface area contributed by atoms with Crippen molar-refractivity contribution in [2.75, 3.05) is 12.4 Å². The van der Waals surface area contributed by atoms with Gasteiger partial charge in [-0.25, -0.2) is 4.98 Å². The maximum absolute atomic E-state index is 12.2. The number of aromatic amines is 1. The number of anilines is 1. The first kappa shape index (κ1) is 14.3. The van der Waals surface area contributed by atoms with E-state index in [1.165, 1.54) is 0 Å². The van der Waals surface area contributed by atoms with Crippen molar-refractivity contribution in [2.24, 2.45) is 0 Å². The molecule has 2 aromatic heterocycles. The van der Waals surface area contributed by atoms with Crippen molar-refractivity contribution < 1.29 is 9.72 Å². The van der Waals surface area contributed by atoms with Gasteiger partial charge in [0.2, 0.25) is 0 Å². The van der Waals surface area contributed by atoms with Gasteiger partial charge in [0.1, 0.15) is 12.0 Å². The monoisotopic (exact) mass is 292 g/mol. The standard InChI is InChI=1S/C10H12N8O3/c1-5(8-14-16-17-15-8)13-10(19)7-3-6(18(20)21)4-12-9(7)11-2/h3-5H,1-2H3,(H,11,12)(H,13,19)(H,14,15,16,17). The number of aromatic nitrogens is 5. The third-order valence-electron chi connectivity index (χ3n) is 2.66. The van der Waals surface area contributed by atoms with Gasteiger partial charge in [-0.15, -0.1) is 10.2 Å². The summed E-state index contributed by atoms with van der Waals surface area (Å²) in [6.45, 7) is 1.66. The molecule has 3 N–H and O–H groups in total. The highest BCUT2D eigenvalue weighted by atomic mass is 16.6. The van der Waals surface area contributed by atoms with Crippen molar-refractivity contribution in [2.45, 2.75) is 13.0 Å². The van der Waals surface area contributed by atoms with Crippen molar-refractivity contribution in [3.05, 3.63) is 33.8 Å². The molecule has 0 aromatic carbocycles. The fourth-order valence-electron chi connectivity index (χ4n) is 1.62. The third-order valence-corrected chi connectivity index (χ3v) is 2.66. The summed E-state index contributed by atoms with van der Waals surface area (Å²) in [6, 6.07) is 0.636. The molecule has 11 heteroatoms. The average molecular weight is 292 g/mol. The molecule has 0 spiro atoms. The summed E-state index contributed by atoms with van der Waals surface area (Å²) < 4.78 is 0. The molecular formula is C10H12N8O3. The molecule has 2 aromatic rings. The van der Waals surface area contributed by atoms with Gasteiger partial charge in [-0.2, -0.15) is 5.21 Å². The lowest BCUT2D eigenvalue weighted by Gasteiger charge is -2.12. The van der Waals surface area contributed by atoms with Crippen LogP contribution in [0.1, 0.15) is 29.1 Å². The highest BCUT2D eigenvalue weighted by Gasteiger charge is 2.20. The number of nitrogens with zero attached hydrogens (tertiary/aromatic N) is 5. The number of tetrazole rings is 1. The Kier molecular flexibility index (Phi) is 4.02. The quantitative estimate of drug-likeness (QED) is 0.515. The van der Waals surface area contributed by atoms with Crippen LogP contribution in [-0.4, -0.2) is 43.5 Å². The van der Waals surface area contributed by atoms with Crippen molar-refractivity contribution >= 4 is 17.4 Å². The van der Waals surface area contributed by atoms with Gasteiger partial charge in [-0.1, -0.05) is 5.21 Å². The van der Waals surface area contributed by atoms with E-state index < -0.39 is 16.9 Å². The number of hydrogen-bond donors (Lipinski definition) is 3. The molecule has 0 saturated heterocycles. The Hall–Kier alpha value is -3.11. The minimum atomic E-state index is -0.619. The zero-order valence-electron chi connectivity index (χ0n) is 11.2. The van der Waals surface area contributed by atoms with E-state index in [1.807, 2.05) is 0 Å². The van der Waals surface area contributed by atoms with E-state index in [-0.39, 0.29) is 17.1 Å². The second-order valence-electron chi connectivity index (χ2n) is 4.06. The zero-order valence-corrected chi connectivity index (χ0v) is 11.2. The van der Waals surface area contributed by atoms with Gasteiger partial charge < -0.3 is 10.6 Å². The van der Waals surface area contributed by atoms with E-state index in [0.29, 0.717) is 5.82 Å². The Morgan fingerprint density at radius 3 is 2.86 bits per heavy atom. The minimum absolute atomic E-state index is 0.0574. The molecule has 2 heterocycles. The molecule has 2 rings (SSSR count). The van der Waals surface area contributed by atoms with Crippen LogP contribution in [0.25, 0.3) is 0 Å². The Morgan fingerprint density at radius 2 is 2.29 bits per heavy atom. The predicted octanol–water partition coefficient (Wildman–Crippen LogP) is 0.0356. The average Bonchev–Trinajstić information content (AvgIpc) is 3.00. The lowest BCUT2D eigenvalue weighted by Crippen LogP contribution is -2.28. The smallest absolute Gasteiger partial charge is 0.288 e. The van der Waals surface area contributed by atoms with Gasteiger partial charge in [0, 0.05) is 13.1 Å². The molecule has 1 amide bonds. The second kappa shape index (κ2) is 5.90. The summed E-state index contributed by atoms with van der Waals surface area (Å²) in [7, 11) is 1.56. The van der Waals surface area contributed by atoms with Crippen LogP contribution in [-0.2, 0) is 0 Å². The van der Waals surface area contributed by atoms with Crippen molar-refractivity contribution in [3.8, 4) is 0 Å². The summed E-state index contributed by atoms with van der Waals surface area (Å²) >= 11 is 0. The SMILES string of the molecule is CNc1ncc([N+](=O)[O-])cc1C(=O)NC(C)c1nn[nH]n1. The van der Waals surface area contributed by atoms with E-state index in [1.54, 1.807) is 14.0 Å². The lowest BCUT2D eigenvalue weighted by atomic mass is 10.2. The second-order valence-corrected chi connectivity index (χ2v) is 4.06. The fourth-order valence-corrected chi connectivity index (χ4v) is 1.62. The van der Waals surface area contributed by atoms with Crippen LogP contribution >= 0.6 is 0 Å². The predicted molar refractivity (Wildman–Crippen MR) is 70.5 cm³/mol. The molecule has 0 aliphatic rings. The minimum Gasteiger partial charge on any atom is -0.372 e. The van der Waals surface area contributed by atoms with Gasteiger partial charge >= 0.3 is 0 Å². The Bertz CT molecular complexity index is 656. The lowest BCUT2D eigenvalue weighted by molar-refractivity contribution is -0.385. The van der Waals surface area contributed by atoms with Crippen LogP contribution in [0.2, 0.25) is 0 Å². The highest BCUT2D eigenvalue weighted by molar-refractivity contribution is 5.99. The van der Waals surface area contributed by atoms with E-state index in [0.717, 1.165) is 12.3 Å². The Labute approximate surface area is 118 Å². The molecular weight excluding hydrogens is 280 g/mol. The molecule has 0 aliphatic heterocycles. The summed E-state index contributed by atoms with van der Waals surface area (Å²) in [4.78, 5) is 26.2. The highest BCUT2D eigenvalue weighted by Crippen LogP contribution is 2.19. The molecule has 0 bridgehead atoms. The van der Waals surface area contributed by atoms with Crippen LogP contribution in [0, 0.1) is 10.1 Å². The number of nitrogens with one attached hydrogen (secondary N) is 3. The first-order valence-corrected chi connectivity index (χ1v) is 5.89. The zero-order chi connectivity index (χ0) is 15.4. The third kappa shape index (κ3) is 3.08. The Morgan fingerprint density at radius 1 is 1.52 bits per heavy atom. The van der Waals surface area contributed by atoms with Crippen molar-refractivity contribution in [1.82, 2.24) is 30.9 Å². The molecule has 0 radical (unpaired) electrons. The molecule has 110 valence electrons. The number of carbonyl (C=O) groups excluding carboxylic acids is 1. The molecule has 0 fully saturated rings. The van der Waals surface area contributed by atoms with Crippen molar-refractivity contribution in [3.63, 3.8) is 0 Å². The topological polar surface area (TPSA) is 152 Å². The summed E-state index contributed by atoms with van der Waals surface area (Å²) in [5.74, 6) is -0.000917. The number of carbonyl (C=O) groups is 1. The normalized spacial score (nSPS) is 11.7. The van der Waals surface area contributed by atoms with Gasteiger partial charge in [0.15, 0.2) is 5.82 Å². The summed E-state index contributed by atoms with van der Waals surface area (Å²) in [5.41, 5.74) is -0.214. The van der Waals surface area contributed by atoms with Gasteiger partial charge in [-0.3, -0.25) is 14.9 Å². The van der Waals surface area contributed by atoms with E-state index in [2.05, 4.69) is 36.2 Å². The van der Waals surface area contributed by atoms with Gasteiger partial charge in [0.25, 0.3) is 11.6 Å². The van der Waals surface area contributed by atoms with Gasteiger partial charge in [0.05, 0.1) is 16.5 Å². The molecule has 0 aliphatic carbocycles. The molecule has 21 heavy (non-hydrogen) atoms. The summed E-state index contributed by atoms with van der Waals surface area (Å²) in [5, 5.41) is 29.3. The molecule has 1 atom stereocenters. The number of rotatable bonds is 5. The largest absolute Gasteiger partial charge is 0.372 e. The van der Waals surface area contributed by atoms with E-state index >= 15 is 0 Å². The number of amides is 1. The van der Waals surface area contributed by atoms with Crippen LogP contribution in [0.4, 0.5) is 11.5 Å². The first-order valence-electron chi connectivity index (χ1n) is 5.89. The number of nitro groups is 1. The van der Waals surface area contributed by atoms with E-state index in [4.69, 9.17) is 0 Å². The first-order chi connectivity index (χ1) is 10.0.